The van der Waals surface area contributed by atoms with Crippen LogP contribution in [0.3, 0.4) is 0 Å². The first-order chi connectivity index (χ1) is 13.1. The normalized spacial score (nSPS) is 22.6. The monoisotopic (exact) mass is 367 g/mol. The van der Waals surface area contributed by atoms with Gasteiger partial charge in [-0.15, -0.1) is 0 Å². The molecule has 1 heterocycles. The van der Waals surface area contributed by atoms with E-state index in [1.165, 1.54) is 16.7 Å². The minimum absolute atomic E-state index is 0.226. The first kappa shape index (κ1) is 19.7. The number of piperazine rings is 1. The van der Waals surface area contributed by atoms with Crippen LogP contribution in [-0.2, 0) is 12.8 Å². The molecular weight excluding hydrogens is 334 g/mol. The Hall–Kier alpha value is -2.04. The number of rotatable bonds is 2. The summed E-state index contributed by atoms with van der Waals surface area (Å²) in [6.45, 7) is 10.0. The van der Waals surface area contributed by atoms with E-state index in [0.29, 0.717) is 0 Å². The minimum atomic E-state index is -0.275. The van der Waals surface area contributed by atoms with Crippen LogP contribution < -0.4 is 10.6 Å². The zero-order valence-electron chi connectivity index (χ0n) is 16.9. The Morgan fingerprint density at radius 2 is 1.63 bits per heavy atom. The molecule has 0 bridgehead atoms. The second kappa shape index (κ2) is 8.77. The number of aryl methyl sites for hydroxylation is 1. The molecule has 2 aromatic carbocycles. The topological polar surface area (TPSA) is 52.7 Å². The third-order valence-electron chi connectivity index (χ3n) is 5.85. The number of hydrogen-bond donors (Lipinski definition) is 2. The first-order valence-corrected chi connectivity index (χ1v) is 10.2. The smallest absolute Gasteiger partial charge is 0.0739 e. The number of anilines is 2. The van der Waals surface area contributed by atoms with E-state index < -0.39 is 0 Å². The molecule has 0 aromatic heterocycles. The lowest BCUT2D eigenvalue weighted by molar-refractivity contribution is 0.0394. The fourth-order valence-electron chi connectivity index (χ4n) is 4.40. The Bertz CT molecular complexity index is 753. The molecule has 27 heavy (non-hydrogen) atoms. The fraction of sp³-hybridized carbons (Fsp3) is 0.478. The van der Waals surface area contributed by atoms with Crippen molar-refractivity contribution in [2.45, 2.75) is 45.8 Å². The molecule has 146 valence electrons. The number of fused-ring (bicyclic) bond motifs is 1. The zero-order valence-corrected chi connectivity index (χ0v) is 16.9. The molecule has 0 radical (unpaired) electrons. The summed E-state index contributed by atoms with van der Waals surface area (Å²) in [6, 6.07) is 14.8. The van der Waals surface area contributed by atoms with Crippen LogP contribution in [-0.4, -0.2) is 48.3 Å². The Balaban J connectivity index is 0.00000102. The average molecular weight is 368 g/mol. The lowest BCUT2D eigenvalue weighted by atomic mass is 9.83. The summed E-state index contributed by atoms with van der Waals surface area (Å²) in [6.07, 6.45) is 1.45. The number of nitrogen functional groups attached to an aromatic ring is 1. The van der Waals surface area contributed by atoms with E-state index in [1.54, 1.807) is 0 Å². The second-order valence-electron chi connectivity index (χ2n) is 7.34. The van der Waals surface area contributed by atoms with Crippen LogP contribution in [0.2, 0.25) is 0 Å². The van der Waals surface area contributed by atoms with Crippen LogP contribution >= 0.6 is 0 Å². The van der Waals surface area contributed by atoms with Gasteiger partial charge >= 0.3 is 0 Å². The van der Waals surface area contributed by atoms with Crippen molar-refractivity contribution in [2.24, 2.45) is 0 Å². The molecule has 1 aliphatic heterocycles. The van der Waals surface area contributed by atoms with Gasteiger partial charge in [0.2, 0.25) is 0 Å². The van der Waals surface area contributed by atoms with Gasteiger partial charge in [0.05, 0.1) is 17.5 Å². The number of aliphatic hydroxyl groups is 1. The molecule has 1 fully saturated rings. The molecular formula is C23H33N3O. The maximum absolute atomic E-state index is 10.7. The molecule has 3 N–H and O–H groups in total. The maximum Gasteiger partial charge on any atom is 0.0739 e. The van der Waals surface area contributed by atoms with Gasteiger partial charge < -0.3 is 15.7 Å². The van der Waals surface area contributed by atoms with Crippen LogP contribution in [0.4, 0.5) is 11.4 Å². The van der Waals surface area contributed by atoms with E-state index in [0.717, 1.165) is 50.4 Å². The van der Waals surface area contributed by atoms with E-state index in [-0.39, 0.29) is 12.1 Å². The predicted molar refractivity (Wildman–Crippen MR) is 114 cm³/mol. The van der Waals surface area contributed by atoms with Gasteiger partial charge in [-0.25, -0.2) is 0 Å². The quantitative estimate of drug-likeness (QED) is 0.800. The highest BCUT2D eigenvalue weighted by molar-refractivity contribution is 5.67. The summed E-state index contributed by atoms with van der Waals surface area (Å²) in [5.74, 6) is 0. The summed E-state index contributed by atoms with van der Waals surface area (Å²) in [4.78, 5) is 4.83. The third-order valence-corrected chi connectivity index (χ3v) is 5.85. The molecule has 4 nitrogen and oxygen atoms in total. The van der Waals surface area contributed by atoms with E-state index >= 15 is 0 Å². The number of benzene rings is 2. The van der Waals surface area contributed by atoms with Crippen molar-refractivity contribution in [3.63, 3.8) is 0 Å². The second-order valence-corrected chi connectivity index (χ2v) is 7.34. The Morgan fingerprint density at radius 3 is 2.33 bits per heavy atom. The standard InChI is InChI=1S/C21H27N3O.C2H6/c1-15-5-4-6-16-13-21(25)20(14-17(15)16)24-11-9-23(10-12-24)19-8-3-2-7-18(19)22;1-2/h2-8,20-21,25H,9-14,22H2,1H3;1-2H3. The predicted octanol–water partition coefficient (Wildman–Crippen LogP) is 3.25. The van der Waals surface area contributed by atoms with Crippen molar-refractivity contribution in [2.75, 3.05) is 36.8 Å². The van der Waals surface area contributed by atoms with Crippen molar-refractivity contribution in [1.29, 1.82) is 0 Å². The third kappa shape index (κ3) is 4.12. The van der Waals surface area contributed by atoms with Gasteiger partial charge in [0.25, 0.3) is 0 Å². The van der Waals surface area contributed by atoms with Crippen LogP contribution in [0.1, 0.15) is 30.5 Å². The summed E-state index contributed by atoms with van der Waals surface area (Å²) in [7, 11) is 0. The van der Waals surface area contributed by atoms with Crippen LogP contribution in [0.5, 0.6) is 0 Å². The summed E-state index contributed by atoms with van der Waals surface area (Å²) >= 11 is 0. The highest BCUT2D eigenvalue weighted by atomic mass is 16.3. The number of aliphatic hydroxyl groups excluding tert-OH is 1. The lowest BCUT2D eigenvalue weighted by Gasteiger charge is -2.44. The fourth-order valence-corrected chi connectivity index (χ4v) is 4.40. The Labute approximate surface area is 163 Å². The number of nitrogens with two attached hydrogens (primary N) is 1. The summed E-state index contributed by atoms with van der Waals surface area (Å²) in [5, 5.41) is 10.7. The molecule has 2 aromatic rings. The van der Waals surface area contributed by atoms with Gasteiger partial charge in [0.1, 0.15) is 0 Å². The molecule has 1 saturated heterocycles. The van der Waals surface area contributed by atoms with Crippen LogP contribution in [0, 0.1) is 6.92 Å². The first-order valence-electron chi connectivity index (χ1n) is 10.2. The number of para-hydroxylation sites is 2. The summed E-state index contributed by atoms with van der Waals surface area (Å²) in [5.41, 5.74) is 12.2. The minimum Gasteiger partial charge on any atom is -0.397 e. The van der Waals surface area contributed by atoms with Crippen molar-refractivity contribution >= 4 is 11.4 Å². The highest BCUT2D eigenvalue weighted by Crippen LogP contribution is 2.29. The van der Waals surface area contributed by atoms with Gasteiger partial charge in [-0.05, 0) is 42.2 Å². The van der Waals surface area contributed by atoms with Crippen LogP contribution in [0.25, 0.3) is 0 Å². The molecule has 2 unspecified atom stereocenters. The maximum atomic E-state index is 10.7. The summed E-state index contributed by atoms with van der Waals surface area (Å²) < 4.78 is 0. The largest absolute Gasteiger partial charge is 0.397 e. The molecule has 0 amide bonds. The van der Waals surface area contributed by atoms with Gasteiger partial charge in [0, 0.05) is 38.6 Å². The Kier molecular flexibility index (Phi) is 6.40. The molecule has 4 heteroatoms. The number of nitrogens with zero attached hydrogens (tertiary/aromatic N) is 2. The van der Waals surface area contributed by atoms with Gasteiger partial charge in [0.15, 0.2) is 0 Å². The average Bonchev–Trinajstić information content (AvgIpc) is 2.70. The molecule has 1 aliphatic carbocycles. The molecule has 0 saturated carbocycles. The van der Waals surface area contributed by atoms with Crippen molar-refractivity contribution < 1.29 is 5.11 Å². The van der Waals surface area contributed by atoms with Gasteiger partial charge in [-0.1, -0.05) is 44.2 Å². The molecule has 2 aliphatic rings. The number of hydrogen-bond acceptors (Lipinski definition) is 4. The van der Waals surface area contributed by atoms with Crippen molar-refractivity contribution in [3.05, 3.63) is 59.2 Å². The van der Waals surface area contributed by atoms with E-state index in [1.807, 2.05) is 32.0 Å². The SMILES string of the molecule is CC.Cc1cccc2c1CC(N1CCN(c3ccccc3N)CC1)C(O)C2. The van der Waals surface area contributed by atoms with Crippen LogP contribution in [0.15, 0.2) is 42.5 Å². The van der Waals surface area contributed by atoms with E-state index in [4.69, 9.17) is 5.73 Å². The molecule has 2 atom stereocenters. The van der Waals surface area contributed by atoms with Gasteiger partial charge in [-0.3, -0.25) is 4.90 Å². The highest BCUT2D eigenvalue weighted by Gasteiger charge is 2.33. The van der Waals surface area contributed by atoms with Crippen molar-refractivity contribution in [3.8, 4) is 0 Å². The van der Waals surface area contributed by atoms with E-state index in [2.05, 4.69) is 41.0 Å². The molecule has 4 rings (SSSR count). The van der Waals surface area contributed by atoms with E-state index in [9.17, 15) is 5.11 Å². The van der Waals surface area contributed by atoms with Gasteiger partial charge in [-0.2, -0.15) is 0 Å². The van der Waals surface area contributed by atoms with Crippen molar-refractivity contribution in [1.82, 2.24) is 4.90 Å². The Morgan fingerprint density at radius 1 is 0.926 bits per heavy atom. The zero-order chi connectivity index (χ0) is 19.4. The lowest BCUT2D eigenvalue weighted by Crippen LogP contribution is -2.56. The molecule has 0 spiro atoms.